The van der Waals surface area contributed by atoms with Gasteiger partial charge in [0.2, 0.25) is 17.8 Å². The number of amides is 4. The first-order valence-electron chi connectivity index (χ1n) is 21.8. The van der Waals surface area contributed by atoms with Gasteiger partial charge in [-0.1, -0.05) is 17.7 Å². The van der Waals surface area contributed by atoms with Crippen molar-refractivity contribution >= 4 is 63.6 Å². The molecule has 2 aromatic heterocycles. The Morgan fingerprint density at radius 1 is 1.00 bits per heavy atom. The van der Waals surface area contributed by atoms with E-state index in [4.69, 9.17) is 31.8 Å². The lowest BCUT2D eigenvalue weighted by Gasteiger charge is -2.47. The maximum absolute atomic E-state index is 16.0. The van der Waals surface area contributed by atoms with E-state index in [1.165, 1.54) is 4.90 Å². The third-order valence-corrected chi connectivity index (χ3v) is 13.5. The standard InChI is InChI=1S/C45H51ClFN9O7/c1-24(2)56-35-6-3-27(17-26(35)18-37(44(56)61)62-23-38(48)57)50-41-34(46)21-49-45(52-41)54-15-11-29(12-16-54)63-30-19-28(20-30)53-13-9-25(10-14-53)31-4-5-32-33(40(31)47)22-55(43(32)60)36-7-8-39(58)51-42(36)59/h3-6,17-18,21,24-25,28-30,36H,7-16,19-20,22-23H2,1-2H3,(H2,48,57)(H,49,50,52)(H,51,58,59). The van der Waals surface area contributed by atoms with Gasteiger partial charge in [0.15, 0.2) is 18.2 Å². The van der Waals surface area contributed by atoms with Gasteiger partial charge in [-0.05, 0) is 114 Å². The Kier molecular flexibility index (Phi) is 11.8. The largest absolute Gasteiger partial charge is 0.478 e. The molecule has 0 spiro atoms. The molecule has 1 aliphatic carbocycles. The van der Waals surface area contributed by atoms with E-state index in [9.17, 15) is 24.0 Å². The van der Waals surface area contributed by atoms with Crippen LogP contribution in [0.3, 0.4) is 0 Å². The molecule has 0 bridgehead atoms. The van der Waals surface area contributed by atoms with E-state index < -0.39 is 24.5 Å². The van der Waals surface area contributed by atoms with Crippen molar-refractivity contribution in [1.29, 1.82) is 0 Å². The lowest BCUT2D eigenvalue weighted by atomic mass is 9.83. The summed E-state index contributed by atoms with van der Waals surface area (Å²) >= 11 is 6.57. The fourth-order valence-electron chi connectivity index (χ4n) is 9.82. The van der Waals surface area contributed by atoms with Crippen LogP contribution >= 0.6 is 11.6 Å². The number of aromatic nitrogens is 3. The molecule has 9 rings (SSSR count). The SMILES string of the molecule is CC(C)n1c(=O)c(OCC(N)=O)cc2cc(Nc3nc(N4CCC(OC5CC(N6CCC(c7ccc8c(c7F)CN(C7CCC(=O)NC7=O)C8=O)CC6)C5)CC4)ncc3Cl)ccc21. The minimum Gasteiger partial charge on any atom is -0.478 e. The Bertz CT molecular complexity index is 2530. The molecule has 18 heteroatoms. The highest BCUT2D eigenvalue weighted by molar-refractivity contribution is 6.33. The minimum absolute atomic E-state index is 0.0344. The average Bonchev–Trinajstić information content (AvgIpc) is 3.58. The smallest absolute Gasteiger partial charge is 0.293 e. The number of piperidine rings is 3. The van der Waals surface area contributed by atoms with E-state index in [1.807, 2.05) is 32.0 Å². The van der Waals surface area contributed by atoms with Crippen LogP contribution in [0.2, 0.25) is 5.02 Å². The Balaban J connectivity index is 0.746. The zero-order valence-electron chi connectivity index (χ0n) is 35.3. The zero-order chi connectivity index (χ0) is 44.1. The molecule has 4 N–H and O–H groups in total. The number of likely N-dealkylation sites (tertiary alicyclic amines) is 1. The number of anilines is 3. The second kappa shape index (κ2) is 17.5. The van der Waals surface area contributed by atoms with E-state index in [0.29, 0.717) is 50.7 Å². The first-order valence-corrected chi connectivity index (χ1v) is 22.2. The normalized spacial score (nSPS) is 22.4. The molecule has 1 saturated carbocycles. The molecule has 4 fully saturated rings. The second-order valence-electron chi connectivity index (χ2n) is 17.6. The zero-order valence-corrected chi connectivity index (χ0v) is 36.0. The number of fused-ring (bicyclic) bond motifs is 2. The van der Waals surface area contributed by atoms with Crippen LogP contribution in [0.1, 0.15) is 98.7 Å². The number of benzene rings is 2. The predicted molar refractivity (Wildman–Crippen MR) is 233 cm³/mol. The number of hydrogen-bond donors (Lipinski definition) is 3. The van der Waals surface area contributed by atoms with Crippen molar-refractivity contribution in [3.8, 4) is 5.75 Å². The molecule has 4 amide bonds. The van der Waals surface area contributed by atoms with Crippen LogP contribution in [-0.4, -0.2) is 105 Å². The minimum atomic E-state index is -0.770. The van der Waals surface area contributed by atoms with E-state index in [-0.39, 0.29) is 72.5 Å². The maximum atomic E-state index is 16.0. The molecule has 4 aromatic rings. The molecular formula is C45H51ClFN9O7. The van der Waals surface area contributed by atoms with Crippen LogP contribution in [0.5, 0.6) is 5.75 Å². The van der Waals surface area contributed by atoms with E-state index in [0.717, 1.165) is 70.1 Å². The number of carbonyl (C=O) groups excluding carboxylic acids is 4. The molecule has 4 aliphatic heterocycles. The highest BCUT2D eigenvalue weighted by Gasteiger charge is 2.42. The van der Waals surface area contributed by atoms with Gasteiger partial charge in [0.05, 0.1) is 30.5 Å². The number of ether oxygens (including phenoxy) is 2. The van der Waals surface area contributed by atoms with Gasteiger partial charge in [0, 0.05) is 53.8 Å². The molecule has 332 valence electrons. The van der Waals surface area contributed by atoms with Gasteiger partial charge in [0.25, 0.3) is 17.4 Å². The van der Waals surface area contributed by atoms with Crippen LogP contribution in [-0.2, 0) is 25.7 Å². The van der Waals surface area contributed by atoms with Crippen LogP contribution < -0.4 is 31.6 Å². The molecule has 1 atom stereocenters. The number of carbonyl (C=O) groups is 4. The number of nitrogens with two attached hydrogens (primary N) is 1. The van der Waals surface area contributed by atoms with Crippen molar-refractivity contribution in [2.75, 3.05) is 43.0 Å². The molecule has 63 heavy (non-hydrogen) atoms. The number of primary amides is 1. The summed E-state index contributed by atoms with van der Waals surface area (Å²) in [6.07, 6.45) is 7.60. The summed E-state index contributed by atoms with van der Waals surface area (Å²) < 4.78 is 29.6. The van der Waals surface area contributed by atoms with Crippen molar-refractivity contribution < 1.29 is 33.0 Å². The molecule has 3 saturated heterocycles. The monoisotopic (exact) mass is 883 g/mol. The third-order valence-electron chi connectivity index (χ3n) is 13.2. The Morgan fingerprint density at radius 2 is 1.76 bits per heavy atom. The molecule has 2 aromatic carbocycles. The number of rotatable bonds is 12. The summed E-state index contributed by atoms with van der Waals surface area (Å²) in [7, 11) is 0. The van der Waals surface area contributed by atoms with Crippen molar-refractivity contribution in [2.45, 2.75) is 108 Å². The van der Waals surface area contributed by atoms with Crippen LogP contribution in [0.15, 0.2) is 47.4 Å². The van der Waals surface area contributed by atoms with E-state index >= 15 is 4.39 Å². The summed E-state index contributed by atoms with van der Waals surface area (Å²) in [5.41, 5.74) is 7.60. The van der Waals surface area contributed by atoms with Gasteiger partial charge in [-0.15, -0.1) is 0 Å². The van der Waals surface area contributed by atoms with E-state index in [2.05, 4.69) is 25.4 Å². The summed E-state index contributed by atoms with van der Waals surface area (Å²) in [5.74, 6) is -1.14. The Morgan fingerprint density at radius 3 is 2.48 bits per heavy atom. The average molecular weight is 884 g/mol. The molecule has 6 heterocycles. The summed E-state index contributed by atoms with van der Waals surface area (Å²) in [6, 6.07) is 10.1. The predicted octanol–water partition coefficient (Wildman–Crippen LogP) is 4.93. The number of nitrogens with zero attached hydrogens (tertiary/aromatic N) is 6. The number of hydrogen-bond acceptors (Lipinski definition) is 12. The van der Waals surface area contributed by atoms with Gasteiger partial charge in [-0.3, -0.25) is 29.3 Å². The lowest BCUT2D eigenvalue weighted by molar-refractivity contribution is -0.137. The van der Waals surface area contributed by atoms with Gasteiger partial charge < -0.3 is 39.8 Å². The first kappa shape index (κ1) is 42.6. The quantitative estimate of drug-likeness (QED) is 0.163. The summed E-state index contributed by atoms with van der Waals surface area (Å²) in [4.78, 5) is 77.1. The fourth-order valence-corrected chi connectivity index (χ4v) is 9.96. The van der Waals surface area contributed by atoms with Crippen LogP contribution in [0, 0.1) is 5.82 Å². The summed E-state index contributed by atoms with van der Waals surface area (Å²) in [5, 5.41) is 6.68. The van der Waals surface area contributed by atoms with Crippen molar-refractivity contribution in [3.63, 3.8) is 0 Å². The van der Waals surface area contributed by atoms with Crippen molar-refractivity contribution in [3.05, 3.63) is 80.5 Å². The van der Waals surface area contributed by atoms with Gasteiger partial charge >= 0.3 is 0 Å². The van der Waals surface area contributed by atoms with Crippen molar-refractivity contribution in [2.24, 2.45) is 5.73 Å². The van der Waals surface area contributed by atoms with Gasteiger partial charge in [0.1, 0.15) is 16.9 Å². The molecule has 1 unspecified atom stereocenters. The van der Waals surface area contributed by atoms with Gasteiger partial charge in [-0.25, -0.2) is 9.37 Å². The molecule has 5 aliphatic rings. The number of pyridine rings is 1. The van der Waals surface area contributed by atoms with Gasteiger partial charge in [-0.2, -0.15) is 4.98 Å². The number of halogens is 2. The highest BCUT2D eigenvalue weighted by Crippen LogP contribution is 2.39. The molecule has 0 radical (unpaired) electrons. The van der Waals surface area contributed by atoms with E-state index in [1.54, 1.807) is 29.0 Å². The Hall–Kier alpha value is -5.65. The molecular weight excluding hydrogens is 833 g/mol. The first-order chi connectivity index (χ1) is 30.3. The lowest BCUT2D eigenvalue weighted by Crippen LogP contribution is -2.52. The molecule has 16 nitrogen and oxygen atoms in total. The number of imide groups is 1. The Labute approximate surface area is 368 Å². The third kappa shape index (κ3) is 8.57. The number of nitrogens with one attached hydrogen (secondary N) is 2. The van der Waals surface area contributed by atoms with Crippen molar-refractivity contribution in [1.82, 2.24) is 29.7 Å². The summed E-state index contributed by atoms with van der Waals surface area (Å²) in [6.45, 7) is 6.62. The van der Waals surface area contributed by atoms with Crippen LogP contribution in [0.25, 0.3) is 10.9 Å². The second-order valence-corrected chi connectivity index (χ2v) is 18.0. The fraction of sp³-hybridized carbons (Fsp3) is 0.489. The topological polar surface area (TPSA) is 194 Å². The maximum Gasteiger partial charge on any atom is 0.293 e. The van der Waals surface area contributed by atoms with Crippen LogP contribution in [0.4, 0.5) is 21.8 Å². The highest BCUT2D eigenvalue weighted by atomic mass is 35.5.